The van der Waals surface area contributed by atoms with Crippen molar-refractivity contribution in [3.05, 3.63) is 30.3 Å². The molecule has 0 saturated heterocycles. The number of anilines is 1. The van der Waals surface area contributed by atoms with Crippen molar-refractivity contribution in [2.45, 2.75) is 36.9 Å². The average molecular weight is 290 g/mol. The van der Waals surface area contributed by atoms with E-state index in [1.807, 2.05) is 51.1 Å². The van der Waals surface area contributed by atoms with E-state index in [4.69, 9.17) is 4.74 Å². The molecule has 0 spiro atoms. The van der Waals surface area contributed by atoms with Gasteiger partial charge < -0.3 is 10.1 Å². The highest BCUT2D eigenvalue weighted by Gasteiger charge is 2.09. The zero-order valence-electron chi connectivity index (χ0n) is 11.8. The van der Waals surface area contributed by atoms with Crippen LogP contribution in [0.15, 0.2) is 40.4 Å². The number of ether oxygens (including phenoxy) is 1. The summed E-state index contributed by atoms with van der Waals surface area (Å²) in [6, 6.07) is 10.3. The summed E-state index contributed by atoms with van der Waals surface area (Å²) in [5.41, 5.74) is 0. The fraction of sp³-hybridized carbons (Fsp3) is 0.357. The van der Waals surface area contributed by atoms with Gasteiger partial charge in [0.05, 0.1) is 6.10 Å². The monoisotopic (exact) mass is 290 g/mol. The molecule has 106 valence electrons. The second kappa shape index (κ2) is 7.09. The Morgan fingerprint density at radius 2 is 1.90 bits per heavy atom. The van der Waals surface area contributed by atoms with Gasteiger partial charge in [-0.05, 0) is 44.7 Å². The normalized spacial score (nSPS) is 10.6. The predicted molar refractivity (Wildman–Crippen MR) is 80.3 cm³/mol. The lowest BCUT2D eigenvalue weighted by atomic mass is 10.4. The van der Waals surface area contributed by atoms with Crippen LogP contribution >= 0.6 is 11.8 Å². The Hall–Kier alpha value is -1.82. The molecule has 1 N–H and O–H groups in total. The van der Waals surface area contributed by atoms with Crippen molar-refractivity contribution in [2.24, 2.45) is 0 Å². The van der Waals surface area contributed by atoms with Gasteiger partial charge in [0.1, 0.15) is 0 Å². The highest BCUT2D eigenvalue weighted by molar-refractivity contribution is 7.99. The molecule has 0 saturated carbocycles. The van der Waals surface area contributed by atoms with Crippen molar-refractivity contribution in [2.75, 3.05) is 11.9 Å². The number of aromatic nitrogens is 3. The average Bonchev–Trinajstić information content (AvgIpc) is 2.39. The first-order valence-corrected chi connectivity index (χ1v) is 7.38. The maximum atomic E-state index is 5.56. The summed E-state index contributed by atoms with van der Waals surface area (Å²) in [4.78, 5) is 14.0. The minimum Gasteiger partial charge on any atom is -0.461 e. The highest BCUT2D eigenvalue weighted by atomic mass is 32.2. The van der Waals surface area contributed by atoms with Crippen molar-refractivity contribution < 1.29 is 4.74 Å². The van der Waals surface area contributed by atoms with Crippen molar-refractivity contribution in [3.8, 4) is 6.01 Å². The molecule has 1 aromatic carbocycles. The first-order valence-electron chi connectivity index (χ1n) is 6.57. The first-order chi connectivity index (χ1) is 9.67. The molecule has 6 heteroatoms. The van der Waals surface area contributed by atoms with Gasteiger partial charge in [-0.2, -0.15) is 15.0 Å². The molecule has 2 aromatic rings. The van der Waals surface area contributed by atoms with Crippen LogP contribution in [-0.4, -0.2) is 27.6 Å². The van der Waals surface area contributed by atoms with E-state index < -0.39 is 0 Å². The van der Waals surface area contributed by atoms with Crippen LogP contribution < -0.4 is 10.1 Å². The molecule has 0 fully saturated rings. The lowest BCUT2D eigenvalue weighted by Crippen LogP contribution is -2.11. The maximum absolute atomic E-state index is 5.56. The Morgan fingerprint density at radius 3 is 2.55 bits per heavy atom. The summed E-state index contributed by atoms with van der Waals surface area (Å²) in [5.74, 6) is 0.539. The molecule has 0 aliphatic rings. The number of hydrogen-bond acceptors (Lipinski definition) is 6. The van der Waals surface area contributed by atoms with E-state index in [0.29, 0.717) is 17.1 Å². The third-order valence-corrected chi connectivity index (χ3v) is 3.10. The second-order valence-electron chi connectivity index (χ2n) is 4.34. The van der Waals surface area contributed by atoms with Crippen LogP contribution in [0.3, 0.4) is 0 Å². The topological polar surface area (TPSA) is 59.9 Å². The molecule has 2 rings (SSSR count). The molecule has 0 aliphatic carbocycles. The van der Waals surface area contributed by atoms with E-state index in [-0.39, 0.29) is 6.10 Å². The van der Waals surface area contributed by atoms with Gasteiger partial charge in [-0.3, -0.25) is 0 Å². The SMILES string of the molecule is CCNc1nc(OC(C)C)nc(Sc2ccccc2)n1. The summed E-state index contributed by atoms with van der Waals surface area (Å²) < 4.78 is 5.56. The molecular formula is C14H18N4OS. The molecule has 1 heterocycles. The van der Waals surface area contributed by atoms with Gasteiger partial charge in [-0.1, -0.05) is 18.2 Å². The molecule has 1 aromatic heterocycles. The third-order valence-electron chi connectivity index (χ3n) is 2.22. The van der Waals surface area contributed by atoms with E-state index in [1.165, 1.54) is 11.8 Å². The lowest BCUT2D eigenvalue weighted by Gasteiger charge is -2.10. The van der Waals surface area contributed by atoms with Crippen molar-refractivity contribution in [1.29, 1.82) is 0 Å². The van der Waals surface area contributed by atoms with Gasteiger partial charge in [-0.15, -0.1) is 0 Å². The summed E-state index contributed by atoms with van der Waals surface area (Å²) in [6.45, 7) is 6.64. The van der Waals surface area contributed by atoms with Gasteiger partial charge in [-0.25, -0.2) is 0 Å². The minimum atomic E-state index is 0.0291. The van der Waals surface area contributed by atoms with Crippen LogP contribution in [0.1, 0.15) is 20.8 Å². The highest BCUT2D eigenvalue weighted by Crippen LogP contribution is 2.26. The van der Waals surface area contributed by atoms with Gasteiger partial charge in [0, 0.05) is 11.4 Å². The quantitative estimate of drug-likeness (QED) is 0.881. The maximum Gasteiger partial charge on any atom is 0.322 e. The zero-order chi connectivity index (χ0) is 14.4. The Balaban J connectivity index is 2.24. The predicted octanol–water partition coefficient (Wildman–Crippen LogP) is 3.24. The summed E-state index contributed by atoms with van der Waals surface area (Å²) in [7, 11) is 0. The van der Waals surface area contributed by atoms with Gasteiger partial charge in [0.15, 0.2) is 0 Å². The molecule has 0 radical (unpaired) electrons. The molecule has 0 aliphatic heterocycles. The number of nitrogens with one attached hydrogen (secondary N) is 1. The van der Waals surface area contributed by atoms with E-state index in [1.54, 1.807) is 0 Å². The van der Waals surface area contributed by atoms with E-state index in [9.17, 15) is 0 Å². The Labute approximate surface area is 123 Å². The van der Waals surface area contributed by atoms with Crippen LogP contribution in [0.2, 0.25) is 0 Å². The van der Waals surface area contributed by atoms with Gasteiger partial charge >= 0.3 is 6.01 Å². The smallest absolute Gasteiger partial charge is 0.322 e. The fourth-order valence-corrected chi connectivity index (χ4v) is 2.24. The summed E-state index contributed by atoms with van der Waals surface area (Å²) in [6.07, 6.45) is 0.0291. The number of rotatable bonds is 6. The van der Waals surface area contributed by atoms with Crippen molar-refractivity contribution in [1.82, 2.24) is 15.0 Å². The van der Waals surface area contributed by atoms with E-state index >= 15 is 0 Å². The molecule has 0 amide bonds. The van der Waals surface area contributed by atoms with Crippen LogP contribution in [0.5, 0.6) is 6.01 Å². The molecule has 0 unspecified atom stereocenters. The van der Waals surface area contributed by atoms with Crippen molar-refractivity contribution in [3.63, 3.8) is 0 Å². The Kier molecular flexibility index (Phi) is 5.17. The second-order valence-corrected chi connectivity index (χ2v) is 5.38. The standard InChI is InChI=1S/C14H18N4OS/c1-4-15-12-16-13(19-10(2)3)18-14(17-12)20-11-8-6-5-7-9-11/h5-10H,4H2,1-3H3,(H,15,16,17,18). The molecule has 5 nitrogen and oxygen atoms in total. The van der Waals surface area contributed by atoms with Crippen LogP contribution in [0.4, 0.5) is 5.95 Å². The number of nitrogens with zero attached hydrogens (tertiary/aromatic N) is 3. The van der Waals surface area contributed by atoms with Gasteiger partial charge in [0.25, 0.3) is 0 Å². The molecule has 0 atom stereocenters. The third kappa shape index (κ3) is 4.38. The molecule has 20 heavy (non-hydrogen) atoms. The van der Waals surface area contributed by atoms with E-state index in [0.717, 1.165) is 11.4 Å². The van der Waals surface area contributed by atoms with Crippen LogP contribution in [-0.2, 0) is 0 Å². The summed E-state index contributed by atoms with van der Waals surface area (Å²) in [5, 5.41) is 3.71. The van der Waals surface area contributed by atoms with Crippen LogP contribution in [0.25, 0.3) is 0 Å². The zero-order valence-corrected chi connectivity index (χ0v) is 12.6. The first kappa shape index (κ1) is 14.6. The lowest BCUT2D eigenvalue weighted by molar-refractivity contribution is 0.219. The Bertz CT molecular complexity index is 548. The van der Waals surface area contributed by atoms with Crippen LogP contribution in [0, 0.1) is 0 Å². The Morgan fingerprint density at radius 1 is 1.15 bits per heavy atom. The largest absolute Gasteiger partial charge is 0.461 e. The van der Waals surface area contributed by atoms with Crippen molar-refractivity contribution >= 4 is 17.7 Å². The number of benzene rings is 1. The van der Waals surface area contributed by atoms with E-state index in [2.05, 4.69) is 20.3 Å². The number of hydrogen-bond donors (Lipinski definition) is 1. The molecule has 0 bridgehead atoms. The molecular weight excluding hydrogens is 272 g/mol. The summed E-state index contributed by atoms with van der Waals surface area (Å²) >= 11 is 1.49. The minimum absolute atomic E-state index is 0.0291. The fourth-order valence-electron chi connectivity index (χ4n) is 1.48. The van der Waals surface area contributed by atoms with Gasteiger partial charge in [0.2, 0.25) is 11.1 Å².